The maximum atomic E-state index is 13.8. The highest BCUT2D eigenvalue weighted by molar-refractivity contribution is 7.89. The van der Waals surface area contributed by atoms with Crippen LogP contribution in [0.25, 0.3) is 12.2 Å². The highest BCUT2D eigenvalue weighted by Gasteiger charge is 2.38. The number of aryl methyl sites for hydroxylation is 2. The monoisotopic (exact) mass is 547 g/mol. The van der Waals surface area contributed by atoms with Gasteiger partial charge in [0.25, 0.3) is 0 Å². The molecular weight excluding hydrogens is 510 g/mol. The standard InChI is InChI=1S/C31H37N3O4S/c1-23-10-12-25(13-11-23)14-15-29-30(24(2)32-38-29)39(36,37)34-18-6-9-28(22-34)31(35)33-19-16-27(17-20-33)21-26-7-4-3-5-8-26/h3-5,7-8,10-15,27-28H,6,9,16-22H2,1-2H3/b15-14+. The summed E-state index contributed by atoms with van der Waals surface area (Å²) in [6, 6.07) is 18.4. The van der Waals surface area contributed by atoms with E-state index in [4.69, 9.17) is 4.52 Å². The Bertz CT molecular complexity index is 1410. The van der Waals surface area contributed by atoms with Gasteiger partial charge in [0.15, 0.2) is 10.7 Å². The molecule has 1 aromatic heterocycles. The molecule has 2 saturated heterocycles. The lowest BCUT2D eigenvalue weighted by atomic mass is 9.89. The lowest BCUT2D eigenvalue weighted by Crippen LogP contribution is -2.48. The average Bonchev–Trinajstić information content (AvgIpc) is 3.34. The molecule has 5 rings (SSSR count). The molecule has 2 aliphatic rings. The van der Waals surface area contributed by atoms with Crippen LogP contribution >= 0.6 is 0 Å². The summed E-state index contributed by atoms with van der Waals surface area (Å²) in [6.45, 7) is 5.71. The minimum atomic E-state index is -3.88. The van der Waals surface area contributed by atoms with E-state index in [9.17, 15) is 13.2 Å². The lowest BCUT2D eigenvalue weighted by Gasteiger charge is -2.37. The molecule has 0 radical (unpaired) electrons. The Balaban J connectivity index is 1.24. The van der Waals surface area contributed by atoms with Crippen LogP contribution in [0.4, 0.5) is 0 Å². The summed E-state index contributed by atoms with van der Waals surface area (Å²) in [6.07, 6.45) is 7.83. The van der Waals surface area contributed by atoms with E-state index in [0.717, 1.165) is 43.5 Å². The summed E-state index contributed by atoms with van der Waals surface area (Å²) >= 11 is 0. The number of aromatic nitrogens is 1. The van der Waals surface area contributed by atoms with E-state index < -0.39 is 10.0 Å². The number of piperidine rings is 2. The van der Waals surface area contributed by atoms with Crippen molar-refractivity contribution < 1.29 is 17.7 Å². The third-order valence-electron chi connectivity index (χ3n) is 7.96. The van der Waals surface area contributed by atoms with Gasteiger partial charge in [-0.3, -0.25) is 4.79 Å². The molecule has 0 spiro atoms. The fraction of sp³-hybridized carbons (Fsp3) is 0.419. The van der Waals surface area contributed by atoms with Crippen molar-refractivity contribution in [1.29, 1.82) is 0 Å². The first-order chi connectivity index (χ1) is 18.8. The second kappa shape index (κ2) is 11.9. The highest BCUT2D eigenvalue weighted by atomic mass is 32.2. The third-order valence-corrected chi connectivity index (χ3v) is 9.99. The van der Waals surface area contributed by atoms with Crippen LogP contribution < -0.4 is 0 Å². The zero-order valence-electron chi connectivity index (χ0n) is 22.8. The summed E-state index contributed by atoms with van der Waals surface area (Å²) in [5.74, 6) is 0.533. The van der Waals surface area contributed by atoms with Crippen molar-refractivity contribution >= 4 is 28.1 Å². The Morgan fingerprint density at radius 3 is 2.41 bits per heavy atom. The molecule has 2 aliphatic heterocycles. The molecule has 0 N–H and O–H groups in total. The van der Waals surface area contributed by atoms with Crippen LogP contribution in [-0.4, -0.2) is 54.9 Å². The maximum absolute atomic E-state index is 13.8. The van der Waals surface area contributed by atoms with Crippen LogP contribution in [0.2, 0.25) is 0 Å². The van der Waals surface area contributed by atoms with Crippen LogP contribution in [0.3, 0.4) is 0 Å². The van der Waals surface area contributed by atoms with Gasteiger partial charge in [-0.15, -0.1) is 0 Å². The van der Waals surface area contributed by atoms with E-state index in [1.54, 1.807) is 13.0 Å². The zero-order chi connectivity index (χ0) is 27.4. The minimum Gasteiger partial charge on any atom is -0.355 e. The first-order valence-corrected chi connectivity index (χ1v) is 15.3. The average molecular weight is 548 g/mol. The molecule has 1 amide bonds. The molecule has 2 aromatic carbocycles. The van der Waals surface area contributed by atoms with Crippen molar-refractivity contribution in [2.75, 3.05) is 26.2 Å². The number of hydrogen-bond acceptors (Lipinski definition) is 5. The summed E-state index contributed by atoms with van der Waals surface area (Å²) in [4.78, 5) is 15.5. The number of carbonyl (C=O) groups excluding carboxylic acids is 1. The summed E-state index contributed by atoms with van der Waals surface area (Å²) in [5, 5.41) is 3.96. The van der Waals surface area contributed by atoms with E-state index in [1.165, 1.54) is 9.87 Å². The maximum Gasteiger partial charge on any atom is 0.248 e. The van der Waals surface area contributed by atoms with Gasteiger partial charge in [-0.1, -0.05) is 71.4 Å². The topological polar surface area (TPSA) is 83.7 Å². The Labute approximate surface area is 231 Å². The summed E-state index contributed by atoms with van der Waals surface area (Å²) < 4.78 is 34.4. The second-order valence-electron chi connectivity index (χ2n) is 10.9. The molecule has 39 heavy (non-hydrogen) atoms. The highest BCUT2D eigenvalue weighted by Crippen LogP contribution is 2.31. The summed E-state index contributed by atoms with van der Waals surface area (Å²) in [7, 11) is -3.88. The molecule has 3 heterocycles. The first-order valence-electron chi connectivity index (χ1n) is 13.8. The Morgan fingerprint density at radius 1 is 0.974 bits per heavy atom. The predicted octanol–water partition coefficient (Wildman–Crippen LogP) is 5.34. The number of benzene rings is 2. The van der Waals surface area contributed by atoms with Crippen molar-refractivity contribution in [2.45, 2.75) is 50.8 Å². The molecule has 8 heteroatoms. The molecular formula is C31H37N3O4S. The molecule has 3 aromatic rings. The fourth-order valence-corrected chi connectivity index (χ4v) is 7.48. The zero-order valence-corrected chi connectivity index (χ0v) is 23.6. The van der Waals surface area contributed by atoms with Gasteiger partial charge >= 0.3 is 0 Å². The first kappa shape index (κ1) is 27.3. The molecule has 0 bridgehead atoms. The number of rotatable bonds is 7. The number of sulfonamides is 1. The SMILES string of the molecule is Cc1ccc(/C=C/c2onc(C)c2S(=O)(=O)N2CCCC(C(=O)N3CCC(Cc4ccccc4)CC3)C2)cc1. The number of carbonyl (C=O) groups is 1. The Hall–Kier alpha value is -3.23. The van der Waals surface area contributed by atoms with Crippen molar-refractivity contribution in [2.24, 2.45) is 11.8 Å². The molecule has 1 unspecified atom stereocenters. The number of nitrogens with zero attached hydrogens (tertiary/aromatic N) is 3. The Morgan fingerprint density at radius 2 is 1.69 bits per heavy atom. The third kappa shape index (κ3) is 6.34. The smallest absolute Gasteiger partial charge is 0.248 e. The van der Waals surface area contributed by atoms with Gasteiger partial charge in [0.05, 0.1) is 5.92 Å². The van der Waals surface area contributed by atoms with Gasteiger partial charge in [-0.05, 0) is 69.1 Å². The van der Waals surface area contributed by atoms with Crippen LogP contribution in [0, 0.1) is 25.7 Å². The van der Waals surface area contributed by atoms with Crippen LogP contribution in [0.1, 0.15) is 53.8 Å². The normalized spacial score (nSPS) is 19.5. The summed E-state index contributed by atoms with van der Waals surface area (Å²) in [5.41, 5.74) is 3.76. The number of likely N-dealkylation sites (tertiary alicyclic amines) is 1. The van der Waals surface area contributed by atoms with Crippen molar-refractivity contribution in [1.82, 2.24) is 14.4 Å². The van der Waals surface area contributed by atoms with Gasteiger partial charge in [0.2, 0.25) is 15.9 Å². The number of amides is 1. The fourth-order valence-electron chi connectivity index (χ4n) is 5.70. The van der Waals surface area contributed by atoms with Gasteiger partial charge in [-0.2, -0.15) is 4.31 Å². The van der Waals surface area contributed by atoms with E-state index in [0.29, 0.717) is 31.0 Å². The molecule has 0 aliphatic carbocycles. The number of hydrogen-bond donors (Lipinski definition) is 0. The molecule has 206 valence electrons. The van der Waals surface area contributed by atoms with E-state index in [2.05, 4.69) is 29.4 Å². The minimum absolute atomic E-state index is 0.0783. The van der Waals surface area contributed by atoms with Gasteiger partial charge in [0, 0.05) is 26.2 Å². The molecule has 7 nitrogen and oxygen atoms in total. The molecule has 0 saturated carbocycles. The van der Waals surface area contributed by atoms with Gasteiger partial charge in [0.1, 0.15) is 5.69 Å². The predicted molar refractivity (Wildman–Crippen MR) is 152 cm³/mol. The molecule has 2 fully saturated rings. The molecule has 1 atom stereocenters. The van der Waals surface area contributed by atoms with Crippen molar-refractivity contribution in [3.8, 4) is 0 Å². The van der Waals surface area contributed by atoms with E-state index in [1.807, 2.05) is 48.2 Å². The quantitative estimate of drug-likeness (QED) is 0.399. The second-order valence-corrected chi connectivity index (χ2v) is 12.7. The lowest BCUT2D eigenvalue weighted by molar-refractivity contribution is -0.138. The van der Waals surface area contributed by atoms with Crippen LogP contribution in [-0.2, 0) is 21.2 Å². The largest absolute Gasteiger partial charge is 0.355 e. The van der Waals surface area contributed by atoms with E-state index in [-0.39, 0.29) is 29.0 Å². The van der Waals surface area contributed by atoms with Gasteiger partial charge in [-0.25, -0.2) is 8.42 Å². The van der Waals surface area contributed by atoms with Gasteiger partial charge < -0.3 is 9.42 Å². The van der Waals surface area contributed by atoms with Crippen molar-refractivity contribution in [3.63, 3.8) is 0 Å². The van der Waals surface area contributed by atoms with Crippen LogP contribution in [0.5, 0.6) is 0 Å². The van der Waals surface area contributed by atoms with Crippen LogP contribution in [0.15, 0.2) is 64.0 Å². The van der Waals surface area contributed by atoms with Crippen molar-refractivity contribution in [3.05, 3.63) is 82.7 Å². The Kier molecular flexibility index (Phi) is 8.33. The van der Waals surface area contributed by atoms with E-state index >= 15 is 0 Å².